The maximum absolute atomic E-state index is 12.4. The van der Waals surface area contributed by atoms with E-state index in [1.54, 1.807) is 13.8 Å². The summed E-state index contributed by atoms with van der Waals surface area (Å²) in [4.78, 5) is 13.6. The fourth-order valence-electron chi connectivity index (χ4n) is 2.13. The molecule has 1 heterocycles. The highest BCUT2D eigenvalue weighted by Gasteiger charge is 2.28. The third-order valence-electron chi connectivity index (χ3n) is 3.07. The Bertz CT molecular complexity index is 631. The normalized spacial score (nSPS) is 12.6. The van der Waals surface area contributed by atoms with Gasteiger partial charge in [0.15, 0.2) is 0 Å². The first kappa shape index (κ1) is 17.7. The first-order chi connectivity index (χ1) is 9.52. The van der Waals surface area contributed by atoms with Crippen molar-refractivity contribution in [2.75, 3.05) is 13.2 Å². The van der Waals surface area contributed by atoms with E-state index in [-0.39, 0.29) is 22.7 Å². The lowest BCUT2D eigenvalue weighted by Crippen LogP contribution is -2.40. The van der Waals surface area contributed by atoms with E-state index in [0.717, 1.165) is 0 Å². The Morgan fingerprint density at radius 3 is 2.38 bits per heavy atom. The molecule has 0 spiro atoms. The Balaban J connectivity index is 3.07. The second kappa shape index (κ2) is 6.17. The zero-order valence-electron chi connectivity index (χ0n) is 12.9. The van der Waals surface area contributed by atoms with Crippen LogP contribution in [0.1, 0.15) is 42.5 Å². The molecule has 1 rings (SSSR count). The number of rotatable bonds is 7. The molecule has 8 heteroatoms. The van der Waals surface area contributed by atoms with Crippen LogP contribution in [0, 0.1) is 13.8 Å². The van der Waals surface area contributed by atoms with Gasteiger partial charge in [-0.2, -0.15) is 0 Å². The van der Waals surface area contributed by atoms with Crippen molar-refractivity contribution in [3.8, 4) is 0 Å². The van der Waals surface area contributed by atoms with Crippen molar-refractivity contribution in [3.05, 3.63) is 17.0 Å². The molecule has 0 aliphatic rings. The molecule has 1 aromatic heterocycles. The number of carbonyl (C=O) groups is 1. The highest BCUT2D eigenvalue weighted by Crippen LogP contribution is 2.23. The molecule has 0 aromatic carbocycles. The Kier molecular flexibility index (Phi) is 5.19. The molecular formula is C13H22N2O5S. The number of sulfonamides is 1. The summed E-state index contributed by atoms with van der Waals surface area (Å²) in [6.07, 6.45) is 0. The van der Waals surface area contributed by atoms with Crippen LogP contribution < -0.4 is 4.72 Å². The molecule has 0 fully saturated rings. The first-order valence-corrected chi connectivity index (χ1v) is 8.06. The minimum atomic E-state index is -3.81. The third-order valence-corrected chi connectivity index (χ3v) is 4.75. The van der Waals surface area contributed by atoms with E-state index >= 15 is 0 Å². The first-order valence-electron chi connectivity index (χ1n) is 6.58. The summed E-state index contributed by atoms with van der Waals surface area (Å²) in [5, 5.41) is 9.03. The zero-order chi connectivity index (χ0) is 16.4. The Labute approximate surface area is 124 Å². The van der Waals surface area contributed by atoms with Crippen molar-refractivity contribution in [2.24, 2.45) is 0 Å². The third kappa shape index (κ3) is 4.05. The summed E-state index contributed by atoms with van der Waals surface area (Å²) < 4.78 is 32.7. The van der Waals surface area contributed by atoms with Gasteiger partial charge in [-0.05, 0) is 34.6 Å². The maximum Gasteiger partial charge on any atom is 0.352 e. The second-order valence-electron chi connectivity index (χ2n) is 5.40. The molecule has 0 amide bonds. The number of aromatic amines is 1. The molecule has 0 aliphatic heterocycles. The van der Waals surface area contributed by atoms with E-state index in [0.29, 0.717) is 12.3 Å². The molecule has 120 valence electrons. The Hall–Kier alpha value is -1.38. The monoisotopic (exact) mass is 318 g/mol. The van der Waals surface area contributed by atoms with E-state index in [1.165, 1.54) is 13.8 Å². The van der Waals surface area contributed by atoms with Gasteiger partial charge in [-0.25, -0.2) is 17.9 Å². The van der Waals surface area contributed by atoms with Gasteiger partial charge < -0.3 is 14.8 Å². The average molecular weight is 318 g/mol. The number of carboxylic acid groups (broad SMARTS) is 1. The zero-order valence-corrected chi connectivity index (χ0v) is 13.7. The smallest absolute Gasteiger partial charge is 0.352 e. The predicted octanol–water partition coefficient (Wildman–Crippen LogP) is 1.42. The van der Waals surface area contributed by atoms with Gasteiger partial charge in [-0.15, -0.1) is 0 Å². The van der Waals surface area contributed by atoms with Crippen LogP contribution in [-0.2, 0) is 14.8 Å². The number of H-pyrrole nitrogens is 1. The van der Waals surface area contributed by atoms with Crippen molar-refractivity contribution in [1.82, 2.24) is 9.71 Å². The second-order valence-corrected chi connectivity index (χ2v) is 7.11. The lowest BCUT2D eigenvalue weighted by atomic mass is 10.1. The number of aryl methyl sites for hydroxylation is 1. The molecule has 0 unspecified atom stereocenters. The van der Waals surface area contributed by atoms with E-state index in [2.05, 4.69) is 9.71 Å². The fourth-order valence-corrected chi connectivity index (χ4v) is 3.77. The van der Waals surface area contributed by atoms with E-state index in [1.807, 2.05) is 6.92 Å². The lowest BCUT2D eigenvalue weighted by molar-refractivity contribution is -0.00515. The summed E-state index contributed by atoms with van der Waals surface area (Å²) in [7, 11) is -3.81. The summed E-state index contributed by atoms with van der Waals surface area (Å²) in [6, 6.07) is 0. The lowest BCUT2D eigenvalue weighted by Gasteiger charge is -2.24. The number of ether oxygens (including phenoxy) is 1. The number of carboxylic acids is 1. The van der Waals surface area contributed by atoms with E-state index < -0.39 is 21.6 Å². The highest BCUT2D eigenvalue weighted by atomic mass is 32.2. The van der Waals surface area contributed by atoms with Crippen molar-refractivity contribution >= 4 is 16.0 Å². The van der Waals surface area contributed by atoms with Crippen LogP contribution in [0.3, 0.4) is 0 Å². The molecule has 1 aromatic rings. The Morgan fingerprint density at radius 2 is 1.95 bits per heavy atom. The quantitative estimate of drug-likeness (QED) is 0.704. The van der Waals surface area contributed by atoms with Crippen molar-refractivity contribution < 1.29 is 23.1 Å². The molecule has 3 N–H and O–H groups in total. The van der Waals surface area contributed by atoms with Crippen LogP contribution in [0.4, 0.5) is 0 Å². The summed E-state index contributed by atoms with van der Waals surface area (Å²) in [5.41, 5.74) is -0.263. The predicted molar refractivity (Wildman–Crippen MR) is 78.1 cm³/mol. The average Bonchev–Trinajstić information content (AvgIpc) is 2.63. The van der Waals surface area contributed by atoms with Crippen LogP contribution in [0.25, 0.3) is 0 Å². The van der Waals surface area contributed by atoms with Gasteiger partial charge in [0.1, 0.15) is 10.6 Å². The van der Waals surface area contributed by atoms with Crippen LogP contribution >= 0.6 is 0 Å². The van der Waals surface area contributed by atoms with Crippen molar-refractivity contribution in [2.45, 2.75) is 45.1 Å². The van der Waals surface area contributed by atoms with Gasteiger partial charge in [0.2, 0.25) is 10.0 Å². The minimum absolute atomic E-state index is 0.0211. The van der Waals surface area contributed by atoms with Crippen LogP contribution in [-0.4, -0.2) is 43.2 Å². The van der Waals surface area contributed by atoms with E-state index in [9.17, 15) is 13.2 Å². The standard InChI is InChI=1S/C13H22N2O5S/c1-6-20-13(4,5)7-14-21(18,19)11-8(2)10(12(16)17)15-9(11)3/h14-15H,6-7H2,1-5H3,(H,16,17). The largest absolute Gasteiger partial charge is 0.477 e. The Morgan fingerprint density at radius 1 is 1.38 bits per heavy atom. The summed E-state index contributed by atoms with van der Waals surface area (Å²) in [5.74, 6) is -1.19. The number of nitrogens with one attached hydrogen (secondary N) is 2. The summed E-state index contributed by atoms with van der Waals surface area (Å²) >= 11 is 0. The number of aromatic nitrogens is 1. The topological polar surface area (TPSA) is 108 Å². The van der Waals surface area contributed by atoms with Crippen LogP contribution in [0.15, 0.2) is 4.90 Å². The van der Waals surface area contributed by atoms with E-state index in [4.69, 9.17) is 9.84 Å². The van der Waals surface area contributed by atoms with Gasteiger partial charge in [-0.1, -0.05) is 0 Å². The molecular weight excluding hydrogens is 296 g/mol. The SMILES string of the molecule is CCOC(C)(C)CNS(=O)(=O)c1c(C)[nH]c(C(=O)O)c1C. The maximum atomic E-state index is 12.4. The van der Waals surface area contributed by atoms with Gasteiger partial charge >= 0.3 is 5.97 Å². The molecule has 0 aliphatic carbocycles. The molecule has 0 atom stereocenters. The van der Waals surface area contributed by atoms with Gasteiger partial charge in [0, 0.05) is 24.4 Å². The molecule has 0 radical (unpaired) electrons. The minimum Gasteiger partial charge on any atom is -0.477 e. The van der Waals surface area contributed by atoms with Crippen LogP contribution in [0.5, 0.6) is 0 Å². The van der Waals surface area contributed by atoms with Gasteiger partial charge in [-0.3, -0.25) is 0 Å². The number of hydrogen-bond donors (Lipinski definition) is 3. The fraction of sp³-hybridized carbons (Fsp3) is 0.615. The number of aromatic carboxylic acids is 1. The van der Waals surface area contributed by atoms with Crippen molar-refractivity contribution in [3.63, 3.8) is 0 Å². The van der Waals surface area contributed by atoms with Gasteiger partial charge in [0.05, 0.1) is 5.60 Å². The highest BCUT2D eigenvalue weighted by molar-refractivity contribution is 7.89. The molecule has 21 heavy (non-hydrogen) atoms. The van der Waals surface area contributed by atoms with Crippen molar-refractivity contribution in [1.29, 1.82) is 0 Å². The molecule has 0 saturated heterocycles. The summed E-state index contributed by atoms with van der Waals surface area (Å²) in [6.45, 7) is 8.94. The molecule has 0 saturated carbocycles. The molecule has 7 nitrogen and oxygen atoms in total. The number of hydrogen-bond acceptors (Lipinski definition) is 4. The van der Waals surface area contributed by atoms with Gasteiger partial charge in [0.25, 0.3) is 0 Å². The molecule has 0 bridgehead atoms. The van der Waals surface area contributed by atoms with Crippen LogP contribution in [0.2, 0.25) is 0 Å².